The lowest BCUT2D eigenvalue weighted by atomic mass is 9.87. The summed E-state index contributed by atoms with van der Waals surface area (Å²) in [4.78, 5) is 11.3. The number of nitrogens with two attached hydrogens (primary N) is 1. The quantitative estimate of drug-likeness (QED) is 0.863. The van der Waals surface area contributed by atoms with E-state index in [2.05, 4.69) is 5.32 Å². The summed E-state index contributed by atoms with van der Waals surface area (Å²) in [5.41, 5.74) is 7.83. The molecule has 18 heavy (non-hydrogen) atoms. The Hall–Kier alpha value is -1.55. The number of hydrogen-bond donors (Lipinski definition) is 2. The van der Waals surface area contributed by atoms with Gasteiger partial charge in [-0.2, -0.15) is 0 Å². The predicted molar refractivity (Wildman–Crippen MR) is 71.6 cm³/mol. The molecule has 2 rings (SSSR count). The highest BCUT2D eigenvalue weighted by Gasteiger charge is 2.34. The number of anilines is 1. The number of methoxy groups -OCH3 is 1. The van der Waals surface area contributed by atoms with Gasteiger partial charge in [0.1, 0.15) is 5.75 Å². The number of rotatable bonds is 3. The Morgan fingerprint density at radius 3 is 2.61 bits per heavy atom. The summed E-state index contributed by atoms with van der Waals surface area (Å²) < 4.78 is 5.32. The third-order valence-corrected chi connectivity index (χ3v) is 3.58. The molecule has 1 saturated carbocycles. The number of hydrogen-bond acceptors (Lipinski definition) is 3. The summed E-state index contributed by atoms with van der Waals surface area (Å²) in [6, 6.07) is 5.75. The Balaban J connectivity index is 2.48. The largest absolute Gasteiger partial charge is 0.495 e. The second kappa shape index (κ2) is 4.98. The van der Waals surface area contributed by atoms with E-state index in [1.165, 1.54) is 6.92 Å². The van der Waals surface area contributed by atoms with Gasteiger partial charge in [0.05, 0.1) is 12.8 Å². The molecule has 1 fully saturated rings. The van der Waals surface area contributed by atoms with Crippen molar-refractivity contribution in [3.05, 3.63) is 23.8 Å². The van der Waals surface area contributed by atoms with Crippen LogP contribution in [0.15, 0.2) is 18.2 Å². The van der Waals surface area contributed by atoms with Crippen molar-refractivity contribution < 1.29 is 9.53 Å². The van der Waals surface area contributed by atoms with Gasteiger partial charge in [0, 0.05) is 12.5 Å². The van der Waals surface area contributed by atoms with E-state index in [1.54, 1.807) is 7.11 Å². The molecular weight excluding hydrogens is 228 g/mol. The van der Waals surface area contributed by atoms with E-state index in [1.807, 2.05) is 18.2 Å². The number of amides is 1. The maximum absolute atomic E-state index is 11.3. The summed E-state index contributed by atoms with van der Waals surface area (Å²) in [5.74, 6) is 0.557. The van der Waals surface area contributed by atoms with Crippen molar-refractivity contribution in [2.45, 2.75) is 38.1 Å². The molecular formula is C14H20N2O2. The molecule has 4 heteroatoms. The van der Waals surface area contributed by atoms with Crippen LogP contribution in [0.5, 0.6) is 5.75 Å². The molecule has 0 aromatic heterocycles. The van der Waals surface area contributed by atoms with Crippen LogP contribution in [0.2, 0.25) is 0 Å². The third-order valence-electron chi connectivity index (χ3n) is 3.58. The topological polar surface area (TPSA) is 64.3 Å². The third kappa shape index (κ3) is 2.34. The molecule has 1 aliphatic carbocycles. The summed E-state index contributed by atoms with van der Waals surface area (Å²) in [7, 11) is 1.60. The summed E-state index contributed by atoms with van der Waals surface area (Å²) in [6.07, 6.45) is 4.17. The first kappa shape index (κ1) is 12.9. The first-order valence-electron chi connectivity index (χ1n) is 6.31. The normalized spacial score (nSPS) is 17.5. The first-order chi connectivity index (χ1) is 8.57. The molecule has 0 radical (unpaired) electrons. The Morgan fingerprint density at radius 2 is 2.06 bits per heavy atom. The molecule has 0 bridgehead atoms. The SMILES string of the molecule is COc1cccc(C2(N)CCCC2)c1NC(C)=O. The fraction of sp³-hybridized carbons (Fsp3) is 0.500. The van der Waals surface area contributed by atoms with Crippen molar-refractivity contribution in [3.8, 4) is 5.75 Å². The molecule has 0 aliphatic heterocycles. The fourth-order valence-electron chi connectivity index (χ4n) is 2.70. The molecule has 3 N–H and O–H groups in total. The van der Waals surface area contributed by atoms with Crippen molar-refractivity contribution >= 4 is 11.6 Å². The van der Waals surface area contributed by atoms with Gasteiger partial charge in [-0.3, -0.25) is 4.79 Å². The van der Waals surface area contributed by atoms with Crippen LogP contribution in [0.25, 0.3) is 0 Å². The van der Waals surface area contributed by atoms with Crippen LogP contribution < -0.4 is 15.8 Å². The van der Waals surface area contributed by atoms with Gasteiger partial charge in [-0.05, 0) is 24.5 Å². The Kier molecular flexibility index (Phi) is 3.57. The summed E-state index contributed by atoms with van der Waals surface area (Å²) in [6.45, 7) is 1.49. The van der Waals surface area contributed by atoms with Crippen molar-refractivity contribution in [1.82, 2.24) is 0 Å². The van der Waals surface area contributed by atoms with Gasteiger partial charge in [0.2, 0.25) is 5.91 Å². The lowest BCUT2D eigenvalue weighted by molar-refractivity contribution is -0.114. The van der Waals surface area contributed by atoms with Crippen LogP contribution in [-0.2, 0) is 10.3 Å². The molecule has 0 spiro atoms. The van der Waals surface area contributed by atoms with Crippen LogP contribution in [0.1, 0.15) is 38.2 Å². The van der Waals surface area contributed by atoms with Crippen LogP contribution >= 0.6 is 0 Å². The van der Waals surface area contributed by atoms with Crippen LogP contribution in [0, 0.1) is 0 Å². The van der Waals surface area contributed by atoms with Crippen molar-refractivity contribution in [2.75, 3.05) is 12.4 Å². The number of carbonyl (C=O) groups excluding carboxylic acids is 1. The van der Waals surface area contributed by atoms with Gasteiger partial charge in [-0.15, -0.1) is 0 Å². The summed E-state index contributed by atoms with van der Waals surface area (Å²) in [5, 5.41) is 2.85. The Bertz CT molecular complexity index is 451. The van der Waals surface area contributed by atoms with Gasteiger partial charge >= 0.3 is 0 Å². The first-order valence-corrected chi connectivity index (χ1v) is 6.31. The smallest absolute Gasteiger partial charge is 0.221 e. The highest BCUT2D eigenvalue weighted by molar-refractivity contribution is 5.91. The van der Waals surface area contributed by atoms with Gasteiger partial charge < -0.3 is 15.8 Å². The minimum Gasteiger partial charge on any atom is -0.495 e. The molecule has 0 saturated heterocycles. The maximum Gasteiger partial charge on any atom is 0.221 e. The highest BCUT2D eigenvalue weighted by atomic mass is 16.5. The lowest BCUT2D eigenvalue weighted by Crippen LogP contribution is -2.34. The Morgan fingerprint density at radius 1 is 1.39 bits per heavy atom. The van der Waals surface area contributed by atoms with Crippen molar-refractivity contribution in [3.63, 3.8) is 0 Å². The van der Waals surface area contributed by atoms with Crippen molar-refractivity contribution in [2.24, 2.45) is 5.73 Å². The minimum atomic E-state index is -0.341. The van der Waals surface area contributed by atoms with Gasteiger partial charge in [0.15, 0.2) is 0 Å². The number of carbonyl (C=O) groups is 1. The van der Waals surface area contributed by atoms with Gasteiger partial charge in [-0.1, -0.05) is 25.0 Å². The molecule has 1 aliphatic rings. The molecule has 1 aromatic rings. The van der Waals surface area contributed by atoms with Crippen LogP contribution in [0.4, 0.5) is 5.69 Å². The molecule has 0 unspecified atom stereocenters. The zero-order valence-corrected chi connectivity index (χ0v) is 11.0. The average Bonchev–Trinajstić information content (AvgIpc) is 2.76. The number of benzene rings is 1. The average molecular weight is 248 g/mol. The molecule has 0 heterocycles. The van der Waals surface area contributed by atoms with Crippen LogP contribution in [0.3, 0.4) is 0 Å². The molecule has 0 atom stereocenters. The second-order valence-corrected chi connectivity index (χ2v) is 4.93. The van der Waals surface area contributed by atoms with E-state index in [0.717, 1.165) is 36.9 Å². The molecule has 98 valence electrons. The zero-order chi connectivity index (χ0) is 13.2. The molecule has 1 aromatic carbocycles. The minimum absolute atomic E-state index is 0.109. The fourth-order valence-corrected chi connectivity index (χ4v) is 2.70. The van der Waals surface area contributed by atoms with Crippen LogP contribution in [-0.4, -0.2) is 13.0 Å². The van der Waals surface area contributed by atoms with E-state index >= 15 is 0 Å². The van der Waals surface area contributed by atoms with E-state index in [-0.39, 0.29) is 11.4 Å². The number of ether oxygens (including phenoxy) is 1. The maximum atomic E-state index is 11.3. The molecule has 4 nitrogen and oxygen atoms in total. The second-order valence-electron chi connectivity index (χ2n) is 4.93. The van der Waals surface area contributed by atoms with Crippen molar-refractivity contribution in [1.29, 1.82) is 0 Å². The summed E-state index contributed by atoms with van der Waals surface area (Å²) >= 11 is 0. The zero-order valence-electron chi connectivity index (χ0n) is 11.0. The van der Waals surface area contributed by atoms with Gasteiger partial charge in [-0.25, -0.2) is 0 Å². The lowest BCUT2D eigenvalue weighted by Gasteiger charge is -2.27. The predicted octanol–water partition coefficient (Wildman–Crippen LogP) is 2.38. The van der Waals surface area contributed by atoms with E-state index in [0.29, 0.717) is 5.75 Å². The van der Waals surface area contributed by atoms with E-state index in [9.17, 15) is 4.79 Å². The Labute approximate surface area is 108 Å². The van der Waals surface area contributed by atoms with E-state index in [4.69, 9.17) is 10.5 Å². The highest BCUT2D eigenvalue weighted by Crippen LogP contribution is 2.42. The molecule has 1 amide bonds. The number of nitrogens with one attached hydrogen (secondary N) is 1. The standard InChI is InChI=1S/C14H20N2O2/c1-10(17)16-13-11(6-5-7-12(13)18-2)14(15)8-3-4-9-14/h5-7H,3-4,8-9,15H2,1-2H3,(H,16,17). The monoisotopic (exact) mass is 248 g/mol. The number of para-hydroxylation sites is 1. The van der Waals surface area contributed by atoms with E-state index < -0.39 is 0 Å². The van der Waals surface area contributed by atoms with Gasteiger partial charge in [0.25, 0.3) is 0 Å².